The van der Waals surface area contributed by atoms with Crippen LogP contribution in [0.15, 0.2) is 61.3 Å². The zero-order valence-electron chi connectivity index (χ0n) is 24.2. The Kier molecular flexibility index (Phi) is 10.1. The number of aromatic nitrogens is 2. The maximum absolute atomic E-state index is 13.8. The summed E-state index contributed by atoms with van der Waals surface area (Å²) in [4.78, 5) is 30.4. The van der Waals surface area contributed by atoms with Crippen molar-refractivity contribution in [1.82, 2.24) is 9.66 Å². The molecule has 4 aromatic rings. The van der Waals surface area contributed by atoms with Crippen molar-refractivity contribution in [2.24, 2.45) is 5.10 Å². The lowest BCUT2D eigenvalue weighted by Crippen LogP contribution is -2.21. The lowest BCUT2D eigenvalue weighted by molar-refractivity contribution is -0.142. The van der Waals surface area contributed by atoms with Crippen LogP contribution in [0.25, 0.3) is 22.3 Å². The molecule has 4 rings (SSSR count). The van der Waals surface area contributed by atoms with Crippen LogP contribution in [-0.4, -0.2) is 49.3 Å². The highest BCUT2D eigenvalue weighted by Gasteiger charge is 2.20. The molecule has 0 atom stereocenters. The third-order valence-corrected chi connectivity index (χ3v) is 8.67. The van der Waals surface area contributed by atoms with Crippen LogP contribution in [0.2, 0.25) is 0 Å². The fourth-order valence-electron chi connectivity index (χ4n) is 4.38. The van der Waals surface area contributed by atoms with E-state index in [1.807, 2.05) is 38.1 Å². The van der Waals surface area contributed by atoms with Gasteiger partial charge in [-0.1, -0.05) is 26.0 Å². The van der Waals surface area contributed by atoms with Crippen LogP contribution in [-0.2, 0) is 9.53 Å². The molecule has 0 aliphatic heterocycles. The van der Waals surface area contributed by atoms with Crippen molar-refractivity contribution in [3.8, 4) is 28.6 Å². The number of aryl methyl sites for hydroxylation is 1. The molecule has 0 saturated heterocycles. The molecule has 1 aromatic heterocycles. The molecule has 0 fully saturated rings. The number of carbonyl (C=O) groups excluding carboxylic acids is 1. The summed E-state index contributed by atoms with van der Waals surface area (Å²) in [6, 6.07) is 12.9. The van der Waals surface area contributed by atoms with Gasteiger partial charge in [-0.2, -0.15) is 9.78 Å². The summed E-state index contributed by atoms with van der Waals surface area (Å²) < 4.78 is 24.2. The predicted molar refractivity (Wildman–Crippen MR) is 170 cm³/mol. The second-order valence-corrected chi connectivity index (χ2v) is 11.2. The highest BCUT2D eigenvalue weighted by Crippen LogP contribution is 2.42. The number of halogens is 2. The molecule has 220 valence electrons. The number of ether oxygens (including phenoxy) is 4. The zero-order chi connectivity index (χ0) is 30.6. The van der Waals surface area contributed by atoms with Gasteiger partial charge in [0.1, 0.15) is 5.75 Å². The van der Waals surface area contributed by atoms with Crippen LogP contribution in [0.3, 0.4) is 0 Å². The molecule has 0 aliphatic rings. The van der Waals surface area contributed by atoms with Gasteiger partial charge in [-0.05, 0) is 93.1 Å². The van der Waals surface area contributed by atoms with Crippen molar-refractivity contribution in [1.29, 1.82) is 0 Å². The van der Waals surface area contributed by atoms with Crippen molar-refractivity contribution in [2.45, 2.75) is 33.6 Å². The largest absolute Gasteiger partial charge is 0.496 e. The lowest BCUT2D eigenvalue weighted by atomic mass is 9.96. The minimum absolute atomic E-state index is 0.175. The molecule has 1 heterocycles. The SMILES string of the molecule is CCOc1cc(C=Nn2c(-c3cc(C(C)C)c(OC)cc3C)nc3ccccc3c2=O)c(Br)c(Br)c1OCC(=O)OC. The summed E-state index contributed by atoms with van der Waals surface area (Å²) in [5.74, 6) is 1.53. The van der Waals surface area contributed by atoms with E-state index in [1.165, 1.54) is 11.8 Å². The van der Waals surface area contributed by atoms with Gasteiger partial charge in [-0.15, -0.1) is 0 Å². The number of fused-ring (bicyclic) bond motifs is 1. The maximum atomic E-state index is 13.8. The Bertz CT molecular complexity index is 1730. The Labute approximate surface area is 260 Å². The van der Waals surface area contributed by atoms with Crippen molar-refractivity contribution in [3.05, 3.63) is 78.5 Å². The average Bonchev–Trinajstić information content (AvgIpc) is 2.98. The van der Waals surface area contributed by atoms with Gasteiger partial charge in [0.15, 0.2) is 23.9 Å². The van der Waals surface area contributed by atoms with Crippen molar-refractivity contribution < 1.29 is 23.7 Å². The molecule has 0 N–H and O–H groups in total. The van der Waals surface area contributed by atoms with E-state index in [9.17, 15) is 9.59 Å². The fourth-order valence-corrected chi connectivity index (χ4v) is 5.31. The van der Waals surface area contributed by atoms with Crippen LogP contribution in [0.1, 0.15) is 43.4 Å². The van der Waals surface area contributed by atoms with E-state index in [4.69, 9.17) is 19.2 Å². The van der Waals surface area contributed by atoms with Crippen LogP contribution in [0.4, 0.5) is 0 Å². The lowest BCUT2D eigenvalue weighted by Gasteiger charge is -2.18. The smallest absolute Gasteiger partial charge is 0.343 e. The maximum Gasteiger partial charge on any atom is 0.343 e. The molecule has 0 amide bonds. The molecule has 0 radical (unpaired) electrons. The molecular weight excluding hydrogens is 670 g/mol. The molecule has 0 bridgehead atoms. The van der Waals surface area contributed by atoms with Gasteiger partial charge in [0.2, 0.25) is 0 Å². The number of para-hydroxylation sites is 1. The summed E-state index contributed by atoms with van der Waals surface area (Å²) in [6.45, 7) is 8.01. The number of rotatable bonds is 10. The quantitative estimate of drug-likeness (QED) is 0.132. The van der Waals surface area contributed by atoms with E-state index in [1.54, 1.807) is 31.5 Å². The first kappa shape index (κ1) is 31.2. The number of esters is 1. The minimum Gasteiger partial charge on any atom is -0.496 e. The predicted octanol–water partition coefficient (Wildman–Crippen LogP) is 6.86. The van der Waals surface area contributed by atoms with Crippen LogP contribution >= 0.6 is 31.9 Å². The second kappa shape index (κ2) is 13.5. The van der Waals surface area contributed by atoms with Crippen LogP contribution in [0, 0.1) is 6.92 Å². The Hall–Kier alpha value is -3.70. The van der Waals surface area contributed by atoms with E-state index in [-0.39, 0.29) is 18.1 Å². The average molecular weight is 701 g/mol. The van der Waals surface area contributed by atoms with Crippen molar-refractivity contribution in [2.75, 3.05) is 27.4 Å². The van der Waals surface area contributed by atoms with Gasteiger partial charge in [0, 0.05) is 15.6 Å². The van der Waals surface area contributed by atoms with Crippen LogP contribution < -0.4 is 19.8 Å². The van der Waals surface area contributed by atoms with Crippen molar-refractivity contribution >= 4 is 54.9 Å². The number of benzene rings is 3. The Morgan fingerprint density at radius 1 is 1.07 bits per heavy atom. The standard InChI is InChI=1S/C31H31Br2N3O6/c1-7-41-25-13-19(27(32)28(33)29(25)42-16-26(37)40-6)15-34-36-30(35-23-11-9-8-10-20(23)31(36)38)22-14-21(17(2)3)24(39-5)12-18(22)4/h8-15,17H,7,16H2,1-6H3. The van der Waals surface area contributed by atoms with Gasteiger partial charge in [-0.25, -0.2) is 9.78 Å². The summed E-state index contributed by atoms with van der Waals surface area (Å²) in [5, 5.41) is 5.09. The monoisotopic (exact) mass is 699 g/mol. The van der Waals surface area contributed by atoms with Gasteiger partial charge >= 0.3 is 5.97 Å². The first-order valence-electron chi connectivity index (χ1n) is 13.2. The summed E-state index contributed by atoms with van der Waals surface area (Å²) >= 11 is 7.12. The van der Waals surface area contributed by atoms with Crippen LogP contribution in [0.5, 0.6) is 17.2 Å². The molecule has 0 spiro atoms. The molecule has 0 saturated carbocycles. The number of hydrogen-bond donors (Lipinski definition) is 0. The van der Waals surface area contributed by atoms with E-state index >= 15 is 0 Å². The Morgan fingerprint density at radius 2 is 1.81 bits per heavy atom. The van der Waals surface area contributed by atoms with E-state index < -0.39 is 5.97 Å². The fraction of sp³-hybridized carbons (Fsp3) is 0.290. The minimum atomic E-state index is -0.531. The molecule has 0 unspecified atom stereocenters. The third kappa shape index (κ3) is 6.37. The number of nitrogens with zero attached hydrogens (tertiary/aromatic N) is 3. The highest BCUT2D eigenvalue weighted by molar-refractivity contribution is 9.13. The molecule has 3 aromatic carbocycles. The Morgan fingerprint density at radius 3 is 2.48 bits per heavy atom. The van der Waals surface area contributed by atoms with E-state index in [0.717, 1.165) is 22.4 Å². The highest BCUT2D eigenvalue weighted by atomic mass is 79.9. The van der Waals surface area contributed by atoms with Crippen molar-refractivity contribution in [3.63, 3.8) is 0 Å². The molecule has 9 nitrogen and oxygen atoms in total. The van der Waals surface area contributed by atoms with Gasteiger partial charge < -0.3 is 18.9 Å². The molecule has 0 aliphatic carbocycles. The van der Waals surface area contributed by atoms with E-state index in [2.05, 4.69) is 55.5 Å². The second-order valence-electron chi connectivity index (χ2n) is 9.60. The van der Waals surface area contributed by atoms with E-state index in [0.29, 0.717) is 49.3 Å². The molecule has 42 heavy (non-hydrogen) atoms. The molecule has 11 heteroatoms. The topological polar surface area (TPSA) is 101 Å². The zero-order valence-corrected chi connectivity index (χ0v) is 27.3. The molecular formula is C31H31Br2N3O6. The number of methoxy groups -OCH3 is 2. The van der Waals surface area contributed by atoms with Gasteiger partial charge in [0.25, 0.3) is 5.56 Å². The number of hydrogen-bond acceptors (Lipinski definition) is 8. The third-order valence-electron chi connectivity index (χ3n) is 6.52. The summed E-state index contributed by atoms with van der Waals surface area (Å²) in [7, 11) is 2.93. The normalized spacial score (nSPS) is 11.4. The summed E-state index contributed by atoms with van der Waals surface area (Å²) in [5.41, 5.74) is 3.49. The summed E-state index contributed by atoms with van der Waals surface area (Å²) in [6.07, 6.45) is 1.55. The van der Waals surface area contributed by atoms with Gasteiger partial charge in [0.05, 0.1) is 42.4 Å². The Balaban J connectivity index is 1.92. The first-order valence-corrected chi connectivity index (χ1v) is 14.8. The van der Waals surface area contributed by atoms with Gasteiger partial charge in [-0.3, -0.25) is 4.79 Å². The first-order chi connectivity index (χ1) is 20.1. The number of carbonyl (C=O) groups is 1.